The van der Waals surface area contributed by atoms with Gasteiger partial charge in [0.25, 0.3) is 0 Å². The van der Waals surface area contributed by atoms with Gasteiger partial charge < -0.3 is 9.80 Å². The number of rotatable bonds is 8. The minimum atomic E-state index is 0.790. The summed E-state index contributed by atoms with van der Waals surface area (Å²) in [6.07, 6.45) is 1.95. The van der Waals surface area contributed by atoms with Crippen LogP contribution in [-0.2, 0) is 6.42 Å². The lowest BCUT2D eigenvalue weighted by Crippen LogP contribution is -2.34. The topological polar surface area (TPSA) is 30.9 Å². The van der Waals surface area contributed by atoms with Crippen LogP contribution in [0, 0.1) is 0 Å². The Morgan fingerprint density at radius 2 is 2.05 bits per heavy atom. The normalized spacial score (nSPS) is 14.5. The van der Waals surface area contributed by atoms with Gasteiger partial charge in [-0.15, -0.1) is 0 Å². The molecule has 0 fully saturated rings. The van der Waals surface area contributed by atoms with Gasteiger partial charge in [-0.1, -0.05) is 43.6 Å². The molecule has 0 aliphatic carbocycles. The van der Waals surface area contributed by atoms with Crippen LogP contribution in [0.25, 0.3) is 0 Å². The Morgan fingerprint density at radius 1 is 1.29 bits per heavy atom. The Hall–Kier alpha value is -1.26. The maximum absolute atomic E-state index is 6.23. The minimum absolute atomic E-state index is 0.790. The van der Waals surface area contributed by atoms with E-state index in [9.17, 15) is 0 Å². The van der Waals surface area contributed by atoms with Gasteiger partial charge in [-0.05, 0) is 37.7 Å². The van der Waals surface area contributed by atoms with E-state index in [4.69, 9.17) is 11.6 Å². The van der Waals surface area contributed by atoms with E-state index in [1.165, 1.54) is 0 Å². The molecule has 0 aromatic heterocycles. The van der Waals surface area contributed by atoms with Gasteiger partial charge in [0.2, 0.25) is 0 Å². The van der Waals surface area contributed by atoms with Crippen LogP contribution >= 0.6 is 11.6 Å². The summed E-state index contributed by atoms with van der Waals surface area (Å²) in [6, 6.07) is 7.99. The van der Waals surface area contributed by atoms with Gasteiger partial charge in [0.1, 0.15) is 12.5 Å². The average molecular weight is 309 g/mol. The van der Waals surface area contributed by atoms with Crippen LogP contribution in [0.2, 0.25) is 5.02 Å². The van der Waals surface area contributed by atoms with Crippen molar-refractivity contribution >= 4 is 17.4 Å². The molecule has 0 atom stereocenters. The molecular formula is C16H25ClN4. The number of hydrazone groups is 1. The molecule has 4 nitrogen and oxygen atoms in total. The first-order valence-electron chi connectivity index (χ1n) is 7.74. The fourth-order valence-electron chi connectivity index (χ4n) is 2.57. The first-order chi connectivity index (χ1) is 10.2. The lowest BCUT2D eigenvalue weighted by molar-refractivity contribution is 0.282. The van der Waals surface area contributed by atoms with E-state index >= 15 is 0 Å². The van der Waals surface area contributed by atoms with Gasteiger partial charge in [-0.2, -0.15) is 5.10 Å². The van der Waals surface area contributed by atoms with Crippen molar-refractivity contribution in [2.75, 3.05) is 32.8 Å². The van der Waals surface area contributed by atoms with Crippen molar-refractivity contribution in [2.24, 2.45) is 5.10 Å². The highest BCUT2D eigenvalue weighted by Crippen LogP contribution is 2.17. The summed E-state index contributed by atoms with van der Waals surface area (Å²) in [5.41, 5.74) is 4.22. The fourth-order valence-corrected chi connectivity index (χ4v) is 2.77. The molecule has 21 heavy (non-hydrogen) atoms. The molecule has 1 aromatic rings. The number of nitrogens with one attached hydrogen (secondary N) is 1. The molecule has 1 aromatic carbocycles. The zero-order valence-electron chi connectivity index (χ0n) is 13.0. The van der Waals surface area contributed by atoms with E-state index in [1.54, 1.807) is 0 Å². The third-order valence-electron chi connectivity index (χ3n) is 3.94. The number of benzene rings is 1. The van der Waals surface area contributed by atoms with Crippen LogP contribution in [0.3, 0.4) is 0 Å². The molecule has 1 heterocycles. The predicted octanol–water partition coefficient (Wildman–Crippen LogP) is 2.79. The average Bonchev–Trinajstić information content (AvgIpc) is 2.93. The molecule has 2 rings (SSSR count). The quantitative estimate of drug-likeness (QED) is 0.801. The molecular weight excluding hydrogens is 284 g/mol. The van der Waals surface area contributed by atoms with Crippen LogP contribution < -0.4 is 5.43 Å². The summed E-state index contributed by atoms with van der Waals surface area (Å²) in [6.45, 7) is 9.65. The fraction of sp³-hybridized carbons (Fsp3) is 0.562. The number of hydrogen-bond acceptors (Lipinski definition) is 4. The molecule has 5 heteroatoms. The summed E-state index contributed by atoms with van der Waals surface area (Å²) in [7, 11) is 0. The highest BCUT2D eigenvalue weighted by molar-refractivity contribution is 6.31. The second kappa shape index (κ2) is 8.25. The van der Waals surface area contributed by atoms with Crippen molar-refractivity contribution in [3.63, 3.8) is 0 Å². The van der Waals surface area contributed by atoms with Crippen LogP contribution in [0.4, 0.5) is 0 Å². The van der Waals surface area contributed by atoms with Crippen LogP contribution in [0.15, 0.2) is 29.4 Å². The molecule has 0 radical (unpaired) electrons. The van der Waals surface area contributed by atoms with E-state index in [-0.39, 0.29) is 0 Å². The SMILES string of the molecule is CCN(CC)CCCN1CNN=C1Cc1ccccc1Cl. The van der Waals surface area contributed by atoms with Crippen molar-refractivity contribution in [1.82, 2.24) is 15.2 Å². The van der Waals surface area contributed by atoms with E-state index in [0.29, 0.717) is 0 Å². The third-order valence-corrected chi connectivity index (χ3v) is 4.31. The molecule has 0 saturated heterocycles. The van der Waals surface area contributed by atoms with Crippen LogP contribution in [-0.4, -0.2) is 48.5 Å². The van der Waals surface area contributed by atoms with Gasteiger partial charge in [0, 0.05) is 18.0 Å². The van der Waals surface area contributed by atoms with Crippen molar-refractivity contribution in [3.05, 3.63) is 34.9 Å². The van der Waals surface area contributed by atoms with Gasteiger partial charge in [-0.25, -0.2) is 0 Å². The first-order valence-corrected chi connectivity index (χ1v) is 8.12. The largest absolute Gasteiger partial charge is 0.339 e. The molecule has 1 N–H and O–H groups in total. The summed E-state index contributed by atoms with van der Waals surface area (Å²) < 4.78 is 0. The molecule has 0 unspecified atom stereocenters. The Morgan fingerprint density at radius 3 is 2.76 bits per heavy atom. The number of halogens is 1. The summed E-state index contributed by atoms with van der Waals surface area (Å²) in [4.78, 5) is 4.77. The maximum Gasteiger partial charge on any atom is 0.130 e. The highest BCUT2D eigenvalue weighted by atomic mass is 35.5. The zero-order chi connectivity index (χ0) is 15.1. The second-order valence-corrected chi connectivity index (χ2v) is 5.66. The molecule has 0 amide bonds. The van der Waals surface area contributed by atoms with Crippen molar-refractivity contribution in [3.8, 4) is 0 Å². The molecule has 1 aliphatic heterocycles. The number of amidine groups is 1. The van der Waals surface area contributed by atoms with Crippen molar-refractivity contribution < 1.29 is 0 Å². The lowest BCUT2D eigenvalue weighted by atomic mass is 10.1. The standard InChI is InChI=1S/C16H25ClN4/c1-3-20(4-2)10-7-11-21-13-18-19-16(21)12-14-8-5-6-9-15(14)17/h5-6,8-9,18H,3-4,7,10-13H2,1-2H3. The van der Waals surface area contributed by atoms with E-state index in [1.807, 2.05) is 18.2 Å². The second-order valence-electron chi connectivity index (χ2n) is 5.26. The summed E-state index contributed by atoms with van der Waals surface area (Å²) >= 11 is 6.23. The third kappa shape index (κ3) is 4.61. The molecule has 0 saturated carbocycles. The van der Waals surface area contributed by atoms with Gasteiger partial charge >= 0.3 is 0 Å². The molecule has 0 spiro atoms. The lowest BCUT2D eigenvalue weighted by Gasteiger charge is -2.22. The number of nitrogens with zero attached hydrogens (tertiary/aromatic N) is 3. The van der Waals surface area contributed by atoms with Crippen LogP contribution in [0.1, 0.15) is 25.8 Å². The minimum Gasteiger partial charge on any atom is -0.339 e. The zero-order valence-corrected chi connectivity index (χ0v) is 13.7. The Kier molecular flexibility index (Phi) is 6.33. The van der Waals surface area contributed by atoms with Crippen molar-refractivity contribution in [2.45, 2.75) is 26.7 Å². The molecule has 116 valence electrons. The van der Waals surface area contributed by atoms with Gasteiger partial charge in [0.05, 0.1) is 0 Å². The molecule has 0 bridgehead atoms. The Balaban J connectivity index is 1.85. The molecule has 1 aliphatic rings. The predicted molar refractivity (Wildman–Crippen MR) is 89.7 cm³/mol. The smallest absolute Gasteiger partial charge is 0.130 e. The van der Waals surface area contributed by atoms with E-state index in [2.05, 4.69) is 40.2 Å². The number of hydrogen-bond donors (Lipinski definition) is 1. The first kappa shape index (κ1) is 16.1. The summed E-state index contributed by atoms with van der Waals surface area (Å²) in [5, 5.41) is 5.23. The highest BCUT2D eigenvalue weighted by Gasteiger charge is 2.17. The van der Waals surface area contributed by atoms with Gasteiger partial charge in [-0.3, -0.25) is 5.43 Å². The Bertz CT molecular complexity index is 471. The van der Waals surface area contributed by atoms with Crippen LogP contribution in [0.5, 0.6) is 0 Å². The van der Waals surface area contributed by atoms with Gasteiger partial charge in [0.15, 0.2) is 0 Å². The van der Waals surface area contributed by atoms with Crippen molar-refractivity contribution in [1.29, 1.82) is 0 Å². The Labute approximate surface area is 132 Å². The summed E-state index contributed by atoms with van der Waals surface area (Å²) in [5.74, 6) is 1.09. The maximum atomic E-state index is 6.23. The monoisotopic (exact) mass is 308 g/mol. The van der Waals surface area contributed by atoms with E-state index < -0.39 is 0 Å². The van der Waals surface area contributed by atoms with E-state index in [0.717, 1.165) is 62.1 Å².